The summed E-state index contributed by atoms with van der Waals surface area (Å²) in [6.45, 7) is 1.70. The molecule has 0 aromatic heterocycles. The van der Waals surface area contributed by atoms with Crippen molar-refractivity contribution in [3.05, 3.63) is 42.0 Å². The van der Waals surface area contributed by atoms with Crippen molar-refractivity contribution in [1.82, 2.24) is 5.32 Å². The standard InChI is InChI=1S/C17H21NO5/c1-22-14-4-2-13(3-5-14)17(8-10-23-11-9-17)12-18-15(19)6-7-16(20)21/h2-7H,8-12H2,1H3,(H,18,19)(H,20,21)/b7-6+. The van der Waals surface area contributed by atoms with Crippen molar-refractivity contribution < 1.29 is 24.2 Å². The van der Waals surface area contributed by atoms with Gasteiger partial charge in [-0.25, -0.2) is 4.79 Å². The molecule has 0 bridgehead atoms. The van der Waals surface area contributed by atoms with Gasteiger partial charge in [0.25, 0.3) is 0 Å². The minimum atomic E-state index is -1.14. The van der Waals surface area contributed by atoms with Gasteiger partial charge < -0.3 is 19.9 Å². The number of amides is 1. The van der Waals surface area contributed by atoms with E-state index in [0.717, 1.165) is 36.3 Å². The molecule has 0 saturated carbocycles. The van der Waals surface area contributed by atoms with Gasteiger partial charge >= 0.3 is 5.97 Å². The molecule has 1 heterocycles. The molecule has 2 N–H and O–H groups in total. The number of carbonyl (C=O) groups excluding carboxylic acids is 1. The van der Waals surface area contributed by atoms with Gasteiger partial charge in [0.15, 0.2) is 0 Å². The lowest BCUT2D eigenvalue weighted by atomic mass is 9.74. The molecule has 6 heteroatoms. The molecule has 1 amide bonds. The predicted octanol–water partition coefficient (Wildman–Crippen LogP) is 1.50. The van der Waals surface area contributed by atoms with E-state index in [2.05, 4.69) is 5.32 Å². The van der Waals surface area contributed by atoms with Gasteiger partial charge in [-0.05, 0) is 30.5 Å². The van der Waals surface area contributed by atoms with Crippen molar-refractivity contribution in [2.45, 2.75) is 18.3 Å². The third kappa shape index (κ3) is 4.56. The van der Waals surface area contributed by atoms with Crippen molar-refractivity contribution in [1.29, 1.82) is 0 Å². The zero-order chi connectivity index (χ0) is 16.7. The van der Waals surface area contributed by atoms with E-state index in [0.29, 0.717) is 19.8 Å². The maximum atomic E-state index is 11.8. The molecule has 0 spiro atoms. The fraction of sp³-hybridized carbons (Fsp3) is 0.412. The van der Waals surface area contributed by atoms with E-state index in [-0.39, 0.29) is 5.41 Å². The number of carboxylic acid groups (broad SMARTS) is 1. The Morgan fingerprint density at radius 2 is 1.91 bits per heavy atom. The molecule has 1 fully saturated rings. The Hall–Kier alpha value is -2.34. The van der Waals surface area contributed by atoms with E-state index in [4.69, 9.17) is 14.6 Å². The van der Waals surface area contributed by atoms with Crippen LogP contribution in [-0.4, -0.2) is 43.9 Å². The predicted molar refractivity (Wildman–Crippen MR) is 84.5 cm³/mol. The Labute approximate surface area is 135 Å². The minimum Gasteiger partial charge on any atom is -0.497 e. The number of nitrogens with one attached hydrogen (secondary N) is 1. The van der Waals surface area contributed by atoms with E-state index in [1.165, 1.54) is 0 Å². The van der Waals surface area contributed by atoms with Gasteiger partial charge in [0.1, 0.15) is 5.75 Å². The summed E-state index contributed by atoms with van der Waals surface area (Å²) in [6.07, 6.45) is 3.45. The smallest absolute Gasteiger partial charge is 0.328 e. The summed E-state index contributed by atoms with van der Waals surface area (Å²) < 4.78 is 10.6. The van der Waals surface area contributed by atoms with Crippen LogP contribution in [0.15, 0.2) is 36.4 Å². The fourth-order valence-electron chi connectivity index (χ4n) is 2.74. The summed E-state index contributed by atoms with van der Waals surface area (Å²) in [4.78, 5) is 22.2. The molecule has 0 atom stereocenters. The number of hydrogen-bond acceptors (Lipinski definition) is 4. The molecule has 2 rings (SSSR count). The molecule has 0 radical (unpaired) electrons. The van der Waals surface area contributed by atoms with Gasteiger partial charge in [-0.15, -0.1) is 0 Å². The first kappa shape index (κ1) is 17.0. The van der Waals surface area contributed by atoms with Gasteiger partial charge in [-0.1, -0.05) is 12.1 Å². The maximum absolute atomic E-state index is 11.8. The lowest BCUT2D eigenvalue weighted by Crippen LogP contribution is -2.44. The molecule has 0 aliphatic carbocycles. The van der Waals surface area contributed by atoms with Crippen molar-refractivity contribution in [3.8, 4) is 5.75 Å². The lowest BCUT2D eigenvalue weighted by molar-refractivity contribution is -0.131. The highest BCUT2D eigenvalue weighted by Gasteiger charge is 2.34. The van der Waals surface area contributed by atoms with Crippen molar-refractivity contribution in [3.63, 3.8) is 0 Å². The molecule has 23 heavy (non-hydrogen) atoms. The topological polar surface area (TPSA) is 84.9 Å². The van der Waals surface area contributed by atoms with Crippen LogP contribution >= 0.6 is 0 Å². The summed E-state index contributed by atoms with van der Waals surface area (Å²) in [5, 5.41) is 11.4. The fourth-order valence-corrected chi connectivity index (χ4v) is 2.74. The second-order valence-corrected chi connectivity index (χ2v) is 5.51. The number of aliphatic carboxylic acids is 1. The van der Waals surface area contributed by atoms with Gasteiger partial charge in [-0.2, -0.15) is 0 Å². The summed E-state index contributed by atoms with van der Waals surface area (Å²) in [5.74, 6) is -0.771. The normalized spacial score (nSPS) is 16.9. The number of carbonyl (C=O) groups is 2. The molecule has 1 saturated heterocycles. The van der Waals surface area contributed by atoms with Crippen LogP contribution < -0.4 is 10.1 Å². The average molecular weight is 319 g/mol. The van der Waals surface area contributed by atoms with E-state index >= 15 is 0 Å². The van der Waals surface area contributed by atoms with Crippen molar-refractivity contribution in [2.75, 3.05) is 26.9 Å². The largest absolute Gasteiger partial charge is 0.497 e. The van der Waals surface area contributed by atoms with Crippen molar-refractivity contribution in [2.24, 2.45) is 0 Å². The minimum absolute atomic E-state index is 0.211. The van der Waals surface area contributed by atoms with Crippen LogP contribution in [0, 0.1) is 0 Å². The number of carboxylic acids is 1. The zero-order valence-electron chi connectivity index (χ0n) is 13.1. The lowest BCUT2D eigenvalue weighted by Gasteiger charge is -2.38. The van der Waals surface area contributed by atoms with Crippen LogP contribution in [0.5, 0.6) is 5.75 Å². The molecule has 124 valence electrons. The van der Waals surface area contributed by atoms with Crippen LogP contribution in [-0.2, 0) is 19.7 Å². The Morgan fingerprint density at radius 3 is 2.48 bits per heavy atom. The Bertz CT molecular complexity index is 573. The number of rotatable bonds is 6. The summed E-state index contributed by atoms with van der Waals surface area (Å²) >= 11 is 0. The van der Waals surface area contributed by atoms with Crippen LogP contribution in [0.3, 0.4) is 0 Å². The number of ether oxygens (including phenoxy) is 2. The first-order chi connectivity index (χ1) is 11.1. The zero-order valence-corrected chi connectivity index (χ0v) is 13.1. The van der Waals surface area contributed by atoms with Crippen LogP contribution in [0.25, 0.3) is 0 Å². The number of methoxy groups -OCH3 is 1. The van der Waals surface area contributed by atoms with Crippen LogP contribution in [0.1, 0.15) is 18.4 Å². The Morgan fingerprint density at radius 1 is 1.26 bits per heavy atom. The first-order valence-corrected chi connectivity index (χ1v) is 7.47. The second kappa shape index (κ2) is 7.78. The summed E-state index contributed by atoms with van der Waals surface area (Å²) in [7, 11) is 1.62. The Kier molecular flexibility index (Phi) is 5.76. The molecule has 0 unspecified atom stereocenters. The van der Waals surface area contributed by atoms with Crippen molar-refractivity contribution >= 4 is 11.9 Å². The SMILES string of the molecule is COc1ccc(C2(CNC(=O)/C=C/C(=O)O)CCOCC2)cc1. The highest BCUT2D eigenvalue weighted by molar-refractivity contribution is 5.93. The molecule has 1 aliphatic rings. The molecular weight excluding hydrogens is 298 g/mol. The third-order valence-corrected chi connectivity index (χ3v) is 4.13. The summed E-state index contributed by atoms with van der Waals surface area (Å²) in [6, 6.07) is 7.81. The highest BCUT2D eigenvalue weighted by Crippen LogP contribution is 2.35. The molecular formula is C17H21NO5. The quantitative estimate of drug-likeness (QED) is 0.776. The van der Waals surface area contributed by atoms with Crippen LogP contribution in [0.4, 0.5) is 0 Å². The van der Waals surface area contributed by atoms with E-state index in [1.54, 1.807) is 7.11 Å². The Balaban J connectivity index is 2.12. The van der Waals surface area contributed by atoms with E-state index in [9.17, 15) is 9.59 Å². The molecule has 1 aromatic rings. The molecule has 1 aliphatic heterocycles. The van der Waals surface area contributed by atoms with Gasteiger partial charge in [0, 0.05) is 37.3 Å². The van der Waals surface area contributed by atoms with E-state index in [1.807, 2.05) is 24.3 Å². The first-order valence-electron chi connectivity index (χ1n) is 7.47. The molecule has 1 aromatic carbocycles. The highest BCUT2D eigenvalue weighted by atomic mass is 16.5. The summed E-state index contributed by atoms with van der Waals surface area (Å²) in [5.41, 5.74) is 0.904. The van der Waals surface area contributed by atoms with Crippen LogP contribution in [0.2, 0.25) is 0 Å². The monoisotopic (exact) mass is 319 g/mol. The second-order valence-electron chi connectivity index (χ2n) is 5.51. The van der Waals surface area contributed by atoms with Gasteiger partial charge in [-0.3, -0.25) is 4.79 Å². The van der Waals surface area contributed by atoms with Gasteiger partial charge in [0.2, 0.25) is 5.91 Å². The number of benzene rings is 1. The number of hydrogen-bond donors (Lipinski definition) is 2. The molecule has 6 nitrogen and oxygen atoms in total. The average Bonchev–Trinajstić information content (AvgIpc) is 2.59. The van der Waals surface area contributed by atoms with E-state index < -0.39 is 11.9 Å². The maximum Gasteiger partial charge on any atom is 0.328 e. The third-order valence-electron chi connectivity index (χ3n) is 4.13. The van der Waals surface area contributed by atoms with Gasteiger partial charge in [0.05, 0.1) is 7.11 Å².